The van der Waals surface area contributed by atoms with Crippen molar-refractivity contribution in [3.63, 3.8) is 0 Å². The summed E-state index contributed by atoms with van der Waals surface area (Å²) in [5.41, 5.74) is 0. The van der Waals surface area contributed by atoms with Gasteiger partial charge in [-0.05, 0) is 26.7 Å². The first-order valence-electron chi connectivity index (χ1n) is 6.69. The number of hydrogen-bond donors (Lipinski definition) is 2. The van der Waals surface area contributed by atoms with E-state index in [-0.39, 0.29) is 25.9 Å². The molecule has 2 atom stereocenters. The standard InChI is InChI=1S/C12H18F6N2O3/c1-7(3-5-19-9(21)11(13,14)15)23-8(2)4-6-20-10(22)12(16,17)18/h7-8H,3-6H2,1-2H3,(H,19,21)(H,20,22). The summed E-state index contributed by atoms with van der Waals surface area (Å²) < 4.78 is 76.8. The van der Waals surface area contributed by atoms with Crippen molar-refractivity contribution in [3.8, 4) is 0 Å². The second kappa shape index (κ2) is 8.94. The largest absolute Gasteiger partial charge is 0.471 e. The van der Waals surface area contributed by atoms with E-state index in [0.29, 0.717) is 0 Å². The fraction of sp³-hybridized carbons (Fsp3) is 0.833. The van der Waals surface area contributed by atoms with Crippen molar-refractivity contribution in [2.24, 2.45) is 0 Å². The minimum absolute atomic E-state index is 0.0983. The maximum atomic E-state index is 11.9. The van der Waals surface area contributed by atoms with Gasteiger partial charge in [0.1, 0.15) is 0 Å². The van der Waals surface area contributed by atoms with Crippen molar-refractivity contribution in [3.05, 3.63) is 0 Å². The molecule has 0 rings (SSSR count). The van der Waals surface area contributed by atoms with Crippen molar-refractivity contribution in [2.75, 3.05) is 13.1 Å². The molecule has 0 saturated heterocycles. The Labute approximate surface area is 128 Å². The van der Waals surface area contributed by atoms with Gasteiger partial charge in [0.25, 0.3) is 0 Å². The molecule has 0 aliphatic carbocycles. The van der Waals surface area contributed by atoms with Crippen LogP contribution < -0.4 is 10.6 Å². The van der Waals surface area contributed by atoms with E-state index < -0.39 is 36.4 Å². The van der Waals surface area contributed by atoms with E-state index in [9.17, 15) is 35.9 Å². The van der Waals surface area contributed by atoms with Crippen LogP contribution in [0.5, 0.6) is 0 Å². The van der Waals surface area contributed by atoms with Crippen LogP contribution in [0.2, 0.25) is 0 Å². The fourth-order valence-electron chi connectivity index (χ4n) is 1.51. The van der Waals surface area contributed by atoms with E-state index in [4.69, 9.17) is 4.74 Å². The number of amides is 2. The molecule has 0 aliphatic rings. The monoisotopic (exact) mass is 352 g/mol. The highest BCUT2D eigenvalue weighted by Gasteiger charge is 2.38. The number of rotatable bonds is 8. The summed E-state index contributed by atoms with van der Waals surface area (Å²) in [6.07, 6.45) is -10.7. The minimum atomic E-state index is -4.95. The summed E-state index contributed by atoms with van der Waals surface area (Å²) in [4.78, 5) is 21.1. The average molecular weight is 352 g/mol. The Hall–Kier alpha value is -1.52. The van der Waals surface area contributed by atoms with Gasteiger partial charge in [-0.25, -0.2) is 0 Å². The van der Waals surface area contributed by atoms with Crippen molar-refractivity contribution in [1.82, 2.24) is 10.6 Å². The summed E-state index contributed by atoms with van der Waals surface area (Å²) in [7, 11) is 0. The number of carbonyl (C=O) groups is 2. The van der Waals surface area contributed by atoms with E-state index in [1.165, 1.54) is 0 Å². The first-order valence-corrected chi connectivity index (χ1v) is 6.69. The highest BCUT2D eigenvalue weighted by Crippen LogP contribution is 2.15. The predicted molar refractivity (Wildman–Crippen MR) is 67.4 cm³/mol. The van der Waals surface area contributed by atoms with Gasteiger partial charge in [0.2, 0.25) is 0 Å². The summed E-state index contributed by atoms with van der Waals surface area (Å²) in [5, 5.41) is 3.35. The molecule has 2 N–H and O–H groups in total. The van der Waals surface area contributed by atoms with Gasteiger partial charge in [-0.3, -0.25) is 9.59 Å². The zero-order valence-corrected chi connectivity index (χ0v) is 12.5. The SMILES string of the molecule is CC(CCNC(=O)C(F)(F)F)OC(C)CCNC(=O)C(F)(F)F. The lowest BCUT2D eigenvalue weighted by atomic mass is 10.2. The first kappa shape index (κ1) is 21.5. The Morgan fingerprint density at radius 3 is 1.39 bits per heavy atom. The Bertz CT molecular complexity index is 361. The summed E-state index contributed by atoms with van der Waals surface area (Å²) in [6.45, 7) is 2.59. The zero-order valence-electron chi connectivity index (χ0n) is 12.5. The summed E-state index contributed by atoms with van der Waals surface area (Å²) in [5.74, 6) is -4.10. The Morgan fingerprint density at radius 2 is 1.13 bits per heavy atom. The normalized spacial score (nSPS) is 15.0. The molecule has 11 heteroatoms. The van der Waals surface area contributed by atoms with Gasteiger partial charge in [-0.15, -0.1) is 0 Å². The second-order valence-corrected chi connectivity index (χ2v) is 4.84. The highest BCUT2D eigenvalue weighted by molar-refractivity contribution is 5.81. The fourth-order valence-corrected chi connectivity index (χ4v) is 1.51. The van der Waals surface area contributed by atoms with Crippen LogP contribution in [0.25, 0.3) is 0 Å². The Balaban J connectivity index is 3.88. The van der Waals surface area contributed by atoms with Gasteiger partial charge in [-0.2, -0.15) is 26.3 Å². The average Bonchev–Trinajstić information content (AvgIpc) is 2.35. The molecule has 0 bridgehead atoms. The Kier molecular flexibility index (Phi) is 8.35. The van der Waals surface area contributed by atoms with E-state index in [2.05, 4.69) is 0 Å². The molecule has 23 heavy (non-hydrogen) atoms. The predicted octanol–water partition coefficient (Wildman–Crippen LogP) is 1.92. The van der Waals surface area contributed by atoms with E-state index in [1.54, 1.807) is 24.5 Å². The van der Waals surface area contributed by atoms with E-state index >= 15 is 0 Å². The third-order valence-corrected chi connectivity index (χ3v) is 2.65. The molecular formula is C12H18F6N2O3. The van der Waals surface area contributed by atoms with Crippen LogP contribution in [0.3, 0.4) is 0 Å². The van der Waals surface area contributed by atoms with Gasteiger partial charge in [-0.1, -0.05) is 0 Å². The number of halogens is 6. The minimum Gasteiger partial charge on any atom is -0.375 e. The number of hydrogen-bond acceptors (Lipinski definition) is 3. The number of nitrogens with one attached hydrogen (secondary N) is 2. The highest BCUT2D eigenvalue weighted by atomic mass is 19.4. The molecular weight excluding hydrogens is 334 g/mol. The van der Waals surface area contributed by atoms with Crippen LogP contribution in [0.4, 0.5) is 26.3 Å². The number of ether oxygens (including phenoxy) is 1. The van der Waals surface area contributed by atoms with Gasteiger partial charge < -0.3 is 15.4 Å². The van der Waals surface area contributed by atoms with Gasteiger partial charge in [0.15, 0.2) is 0 Å². The molecule has 136 valence electrons. The van der Waals surface area contributed by atoms with Gasteiger partial charge >= 0.3 is 24.2 Å². The van der Waals surface area contributed by atoms with Crippen LogP contribution in [0.1, 0.15) is 26.7 Å². The van der Waals surface area contributed by atoms with Crippen LogP contribution in [0.15, 0.2) is 0 Å². The zero-order chi connectivity index (χ0) is 18.3. The van der Waals surface area contributed by atoms with Crippen molar-refractivity contribution < 1.29 is 40.7 Å². The topological polar surface area (TPSA) is 67.4 Å². The van der Waals surface area contributed by atoms with Crippen molar-refractivity contribution >= 4 is 11.8 Å². The molecule has 0 aromatic carbocycles. The quantitative estimate of drug-likeness (QED) is 0.656. The van der Waals surface area contributed by atoms with E-state index in [0.717, 1.165) is 0 Å². The molecule has 0 radical (unpaired) electrons. The molecule has 0 heterocycles. The molecule has 2 amide bonds. The number of carbonyl (C=O) groups excluding carboxylic acids is 2. The molecule has 0 fully saturated rings. The molecule has 0 spiro atoms. The van der Waals surface area contributed by atoms with Crippen LogP contribution in [0, 0.1) is 0 Å². The van der Waals surface area contributed by atoms with Gasteiger partial charge in [0, 0.05) is 13.1 Å². The molecule has 2 unspecified atom stereocenters. The lowest BCUT2D eigenvalue weighted by molar-refractivity contribution is -0.173. The van der Waals surface area contributed by atoms with Crippen LogP contribution in [-0.2, 0) is 14.3 Å². The summed E-state index contributed by atoms with van der Waals surface area (Å²) in [6, 6.07) is 0. The van der Waals surface area contributed by atoms with Crippen molar-refractivity contribution in [1.29, 1.82) is 0 Å². The van der Waals surface area contributed by atoms with Crippen LogP contribution in [-0.4, -0.2) is 49.5 Å². The Morgan fingerprint density at radius 1 is 0.826 bits per heavy atom. The number of alkyl halides is 6. The van der Waals surface area contributed by atoms with Gasteiger partial charge in [0.05, 0.1) is 12.2 Å². The lowest BCUT2D eigenvalue weighted by Crippen LogP contribution is -2.39. The molecule has 0 aromatic heterocycles. The molecule has 0 saturated carbocycles. The first-order chi connectivity index (χ1) is 10.3. The smallest absolute Gasteiger partial charge is 0.375 e. The van der Waals surface area contributed by atoms with Crippen molar-refractivity contribution in [2.45, 2.75) is 51.2 Å². The second-order valence-electron chi connectivity index (χ2n) is 4.84. The third kappa shape index (κ3) is 9.97. The third-order valence-electron chi connectivity index (χ3n) is 2.65. The lowest BCUT2D eigenvalue weighted by Gasteiger charge is -2.20. The maximum Gasteiger partial charge on any atom is 0.471 e. The van der Waals surface area contributed by atoms with Crippen LogP contribution >= 0.6 is 0 Å². The molecule has 0 aliphatic heterocycles. The summed E-state index contributed by atoms with van der Waals surface area (Å²) >= 11 is 0. The maximum absolute atomic E-state index is 11.9. The van der Waals surface area contributed by atoms with E-state index in [1.807, 2.05) is 0 Å². The molecule has 0 aromatic rings. The molecule has 5 nitrogen and oxygen atoms in total.